The lowest BCUT2D eigenvalue weighted by Gasteiger charge is -2.23. The summed E-state index contributed by atoms with van der Waals surface area (Å²) < 4.78 is 1.00. The first-order chi connectivity index (χ1) is 7.74. The Balaban J connectivity index is 2.17. The summed E-state index contributed by atoms with van der Waals surface area (Å²) in [4.78, 5) is 8.98. The molecule has 0 N–H and O–H groups in total. The molecule has 1 aliphatic rings. The van der Waals surface area contributed by atoms with Crippen LogP contribution in [0, 0.1) is 0 Å². The van der Waals surface area contributed by atoms with Crippen molar-refractivity contribution in [3.8, 4) is 0 Å². The van der Waals surface area contributed by atoms with Crippen molar-refractivity contribution in [3.05, 3.63) is 33.6 Å². The third-order valence-electron chi connectivity index (χ3n) is 3.10. The molecule has 0 atom stereocenters. The van der Waals surface area contributed by atoms with Gasteiger partial charge in [-0.2, -0.15) is 0 Å². The molecule has 0 spiro atoms. The largest absolute Gasteiger partial charge is 0.232 e. The van der Waals surface area contributed by atoms with Crippen LogP contribution in [0.5, 0.6) is 0 Å². The van der Waals surface area contributed by atoms with E-state index in [1.54, 1.807) is 0 Å². The third-order valence-corrected chi connectivity index (χ3v) is 3.88. The molecule has 0 radical (unpaired) electrons. The quantitative estimate of drug-likeness (QED) is 0.733. The fourth-order valence-electron chi connectivity index (χ4n) is 1.93. The number of hydrogen-bond donors (Lipinski definition) is 0. The average Bonchev–Trinajstić information content (AvgIpc) is 2.17. The van der Waals surface area contributed by atoms with E-state index in [4.69, 9.17) is 11.6 Å². The van der Waals surface area contributed by atoms with Gasteiger partial charge >= 0.3 is 0 Å². The summed E-state index contributed by atoms with van der Waals surface area (Å²) in [6.45, 7) is 0. The number of hydrogen-bond acceptors (Lipinski definition) is 2. The van der Waals surface area contributed by atoms with Gasteiger partial charge in [-0.3, -0.25) is 0 Å². The first kappa shape index (κ1) is 10.5. The summed E-state index contributed by atoms with van der Waals surface area (Å²) in [6.07, 6.45) is 3.67. The Labute approximate surface area is 107 Å². The summed E-state index contributed by atoms with van der Waals surface area (Å²) in [5.74, 6) is 1.43. The Morgan fingerprint density at radius 2 is 2.06 bits per heavy atom. The molecule has 4 heteroatoms. The molecule has 3 rings (SSSR count). The third kappa shape index (κ3) is 1.72. The van der Waals surface area contributed by atoms with Gasteiger partial charge in [0.15, 0.2) is 0 Å². The van der Waals surface area contributed by atoms with Crippen molar-refractivity contribution in [2.75, 3.05) is 0 Å². The van der Waals surface area contributed by atoms with E-state index >= 15 is 0 Å². The van der Waals surface area contributed by atoms with Crippen LogP contribution in [0.15, 0.2) is 22.7 Å². The molecule has 16 heavy (non-hydrogen) atoms. The van der Waals surface area contributed by atoms with Crippen molar-refractivity contribution < 1.29 is 0 Å². The van der Waals surface area contributed by atoms with Crippen LogP contribution in [0.25, 0.3) is 10.9 Å². The van der Waals surface area contributed by atoms with Crippen LogP contribution in [-0.4, -0.2) is 9.97 Å². The SMILES string of the molecule is Clc1nc(C2CCC2)nc2ccc(Br)cc12. The van der Waals surface area contributed by atoms with Crippen LogP contribution in [-0.2, 0) is 0 Å². The van der Waals surface area contributed by atoms with E-state index in [1.165, 1.54) is 19.3 Å². The molecule has 2 nitrogen and oxygen atoms in total. The van der Waals surface area contributed by atoms with E-state index in [9.17, 15) is 0 Å². The molecule has 1 saturated carbocycles. The first-order valence-corrected chi connectivity index (χ1v) is 6.54. The molecule has 1 aromatic heterocycles. The van der Waals surface area contributed by atoms with Gasteiger partial charge < -0.3 is 0 Å². The lowest BCUT2D eigenvalue weighted by molar-refractivity contribution is 0.402. The Hall–Kier alpha value is -0.670. The van der Waals surface area contributed by atoms with Crippen LogP contribution in [0.4, 0.5) is 0 Å². The Morgan fingerprint density at radius 1 is 1.25 bits per heavy atom. The van der Waals surface area contributed by atoms with Gasteiger partial charge in [0.05, 0.1) is 5.52 Å². The topological polar surface area (TPSA) is 25.8 Å². The minimum absolute atomic E-state index is 0.519. The van der Waals surface area contributed by atoms with Crippen molar-refractivity contribution in [1.82, 2.24) is 9.97 Å². The van der Waals surface area contributed by atoms with Crippen molar-refractivity contribution in [2.45, 2.75) is 25.2 Å². The molecular formula is C12H10BrClN2. The first-order valence-electron chi connectivity index (χ1n) is 5.37. The van der Waals surface area contributed by atoms with Crippen LogP contribution in [0.3, 0.4) is 0 Å². The van der Waals surface area contributed by atoms with Gasteiger partial charge in [0.1, 0.15) is 11.0 Å². The minimum atomic E-state index is 0.519. The summed E-state index contributed by atoms with van der Waals surface area (Å²) in [6, 6.07) is 5.92. The number of nitrogens with zero attached hydrogens (tertiary/aromatic N) is 2. The molecule has 1 aromatic carbocycles. The lowest BCUT2D eigenvalue weighted by Crippen LogP contribution is -2.12. The average molecular weight is 298 g/mol. The van der Waals surface area contributed by atoms with Gasteiger partial charge in [-0.1, -0.05) is 34.0 Å². The van der Waals surface area contributed by atoms with Crippen molar-refractivity contribution in [1.29, 1.82) is 0 Å². The molecule has 0 unspecified atom stereocenters. The number of rotatable bonds is 1. The molecule has 1 aliphatic carbocycles. The molecule has 82 valence electrons. The Kier molecular flexibility index (Phi) is 2.60. The summed E-state index contributed by atoms with van der Waals surface area (Å²) in [7, 11) is 0. The summed E-state index contributed by atoms with van der Waals surface area (Å²) >= 11 is 9.61. The van der Waals surface area contributed by atoms with E-state index in [-0.39, 0.29) is 0 Å². The van der Waals surface area contributed by atoms with Gasteiger partial charge in [0.2, 0.25) is 0 Å². The van der Waals surface area contributed by atoms with Gasteiger partial charge in [-0.05, 0) is 31.0 Å². The van der Waals surface area contributed by atoms with E-state index in [1.807, 2.05) is 18.2 Å². The van der Waals surface area contributed by atoms with E-state index in [0.29, 0.717) is 11.1 Å². The summed E-state index contributed by atoms with van der Waals surface area (Å²) in [5, 5.41) is 1.48. The van der Waals surface area contributed by atoms with Gasteiger partial charge in [-0.15, -0.1) is 0 Å². The molecule has 2 aromatic rings. The van der Waals surface area contributed by atoms with Crippen molar-refractivity contribution in [3.63, 3.8) is 0 Å². The zero-order valence-corrected chi connectivity index (χ0v) is 10.9. The molecule has 1 fully saturated rings. The number of fused-ring (bicyclic) bond motifs is 1. The number of aromatic nitrogens is 2. The number of benzene rings is 1. The smallest absolute Gasteiger partial charge is 0.140 e. The molecule has 0 saturated heterocycles. The highest BCUT2D eigenvalue weighted by molar-refractivity contribution is 9.10. The van der Waals surface area contributed by atoms with Crippen LogP contribution < -0.4 is 0 Å². The van der Waals surface area contributed by atoms with Crippen molar-refractivity contribution >= 4 is 38.4 Å². The second-order valence-electron chi connectivity index (χ2n) is 4.16. The lowest BCUT2D eigenvalue weighted by atomic mass is 9.85. The van der Waals surface area contributed by atoms with Crippen LogP contribution in [0.1, 0.15) is 31.0 Å². The van der Waals surface area contributed by atoms with E-state index in [0.717, 1.165) is 21.2 Å². The molecule has 0 bridgehead atoms. The monoisotopic (exact) mass is 296 g/mol. The molecular weight excluding hydrogens is 288 g/mol. The molecule has 1 heterocycles. The maximum atomic E-state index is 6.19. The zero-order chi connectivity index (χ0) is 11.1. The molecule has 0 aliphatic heterocycles. The van der Waals surface area contributed by atoms with Crippen molar-refractivity contribution in [2.24, 2.45) is 0 Å². The normalized spacial score (nSPS) is 16.4. The maximum absolute atomic E-state index is 6.19. The predicted octanol–water partition coefficient (Wildman–Crippen LogP) is 4.31. The number of halogens is 2. The Bertz CT molecular complexity index is 552. The predicted molar refractivity (Wildman–Crippen MR) is 68.8 cm³/mol. The highest BCUT2D eigenvalue weighted by atomic mass is 79.9. The zero-order valence-electron chi connectivity index (χ0n) is 8.58. The minimum Gasteiger partial charge on any atom is -0.232 e. The standard InChI is InChI=1S/C12H10BrClN2/c13-8-4-5-10-9(6-8)11(14)16-12(15-10)7-2-1-3-7/h4-7H,1-3H2. The summed E-state index contributed by atoms with van der Waals surface area (Å²) in [5.41, 5.74) is 0.935. The maximum Gasteiger partial charge on any atom is 0.140 e. The fraction of sp³-hybridized carbons (Fsp3) is 0.333. The fourth-order valence-corrected chi connectivity index (χ4v) is 2.53. The Morgan fingerprint density at radius 3 is 2.75 bits per heavy atom. The highest BCUT2D eigenvalue weighted by Crippen LogP contribution is 2.36. The second kappa shape index (κ2) is 3.97. The van der Waals surface area contributed by atoms with E-state index in [2.05, 4.69) is 25.9 Å². The molecule has 0 amide bonds. The van der Waals surface area contributed by atoms with Crippen LogP contribution >= 0.6 is 27.5 Å². The van der Waals surface area contributed by atoms with Crippen LogP contribution in [0.2, 0.25) is 5.15 Å². The van der Waals surface area contributed by atoms with Gasteiger partial charge in [0.25, 0.3) is 0 Å². The van der Waals surface area contributed by atoms with Gasteiger partial charge in [0, 0.05) is 15.8 Å². The second-order valence-corrected chi connectivity index (χ2v) is 5.44. The van der Waals surface area contributed by atoms with Gasteiger partial charge in [-0.25, -0.2) is 9.97 Å². The van der Waals surface area contributed by atoms with E-state index < -0.39 is 0 Å². The highest BCUT2D eigenvalue weighted by Gasteiger charge is 2.23.